The van der Waals surface area contributed by atoms with Crippen LogP contribution in [0.2, 0.25) is 0 Å². The Morgan fingerprint density at radius 1 is 1.54 bits per heavy atom. The van der Waals surface area contributed by atoms with Crippen LogP contribution in [0.4, 0.5) is 4.39 Å². The van der Waals surface area contributed by atoms with Gasteiger partial charge in [0.25, 0.3) is 0 Å². The molecule has 1 atom stereocenters. The Labute approximate surface area is 77.4 Å². The Morgan fingerprint density at radius 2 is 2.38 bits per heavy atom. The van der Waals surface area contributed by atoms with E-state index in [0.717, 1.165) is 18.5 Å². The van der Waals surface area contributed by atoms with Crippen LogP contribution in [0.1, 0.15) is 24.4 Å². The minimum absolute atomic E-state index is 0.238. The summed E-state index contributed by atoms with van der Waals surface area (Å²) >= 11 is 0. The summed E-state index contributed by atoms with van der Waals surface area (Å²) in [6.45, 7) is 1.10. The lowest BCUT2D eigenvalue weighted by Gasteiger charge is -2.18. The third-order valence-electron chi connectivity index (χ3n) is 2.63. The zero-order chi connectivity index (χ0) is 9.26. The van der Waals surface area contributed by atoms with Crippen LogP contribution in [-0.4, -0.2) is 23.5 Å². The van der Waals surface area contributed by atoms with Crippen molar-refractivity contribution in [2.75, 3.05) is 13.6 Å². The van der Waals surface area contributed by atoms with Gasteiger partial charge >= 0.3 is 0 Å². The van der Waals surface area contributed by atoms with Crippen molar-refractivity contribution < 1.29 is 4.39 Å². The highest BCUT2D eigenvalue weighted by Gasteiger charge is 2.22. The third-order valence-corrected chi connectivity index (χ3v) is 2.63. The molecule has 0 unspecified atom stereocenters. The largest absolute Gasteiger partial charge is 0.299 e. The average molecular weight is 180 g/mol. The number of likely N-dealkylation sites (tertiary alicyclic amines) is 1. The van der Waals surface area contributed by atoms with Gasteiger partial charge in [-0.25, -0.2) is 4.39 Å². The Kier molecular flexibility index (Phi) is 2.27. The summed E-state index contributed by atoms with van der Waals surface area (Å²) < 4.78 is 12.9. The molecule has 0 radical (unpaired) electrons. The first-order valence-corrected chi connectivity index (χ1v) is 4.58. The molecule has 0 aliphatic carbocycles. The fourth-order valence-electron chi connectivity index (χ4n) is 1.94. The molecule has 1 aromatic heterocycles. The molecule has 2 nitrogen and oxygen atoms in total. The molecule has 0 bridgehead atoms. The van der Waals surface area contributed by atoms with E-state index < -0.39 is 0 Å². The normalized spacial score (nSPS) is 23.7. The molecule has 1 fully saturated rings. The lowest BCUT2D eigenvalue weighted by atomic mass is 10.1. The van der Waals surface area contributed by atoms with E-state index in [-0.39, 0.29) is 5.82 Å². The zero-order valence-corrected chi connectivity index (χ0v) is 7.70. The SMILES string of the molecule is CN1CCC[C@@H]1c1cncc(F)c1. The van der Waals surface area contributed by atoms with Crippen LogP contribution in [0.5, 0.6) is 0 Å². The monoisotopic (exact) mass is 180 g/mol. The standard InChI is InChI=1S/C10H13FN2/c1-13-4-2-3-10(13)8-5-9(11)7-12-6-8/h5-7,10H,2-4H2,1H3/t10-/m1/s1. The second-order valence-corrected chi connectivity index (χ2v) is 3.58. The first-order valence-electron chi connectivity index (χ1n) is 4.58. The van der Waals surface area contributed by atoms with Crippen LogP contribution in [0.25, 0.3) is 0 Å². The molecule has 0 spiro atoms. The van der Waals surface area contributed by atoms with Crippen molar-refractivity contribution >= 4 is 0 Å². The second-order valence-electron chi connectivity index (χ2n) is 3.58. The first-order chi connectivity index (χ1) is 6.27. The molecule has 3 heteroatoms. The summed E-state index contributed by atoms with van der Waals surface area (Å²) in [5, 5.41) is 0. The van der Waals surface area contributed by atoms with E-state index in [4.69, 9.17) is 0 Å². The quantitative estimate of drug-likeness (QED) is 0.657. The van der Waals surface area contributed by atoms with Crippen molar-refractivity contribution in [3.05, 3.63) is 29.8 Å². The van der Waals surface area contributed by atoms with Crippen molar-refractivity contribution in [1.29, 1.82) is 0 Å². The van der Waals surface area contributed by atoms with E-state index >= 15 is 0 Å². The third kappa shape index (κ3) is 1.70. The van der Waals surface area contributed by atoms with Crippen molar-refractivity contribution in [2.45, 2.75) is 18.9 Å². The van der Waals surface area contributed by atoms with Gasteiger partial charge in [-0.15, -0.1) is 0 Å². The highest BCUT2D eigenvalue weighted by atomic mass is 19.1. The molecular weight excluding hydrogens is 167 g/mol. The van der Waals surface area contributed by atoms with Gasteiger partial charge < -0.3 is 0 Å². The predicted octanol–water partition coefficient (Wildman–Crippen LogP) is 1.99. The van der Waals surface area contributed by atoms with Crippen LogP contribution in [-0.2, 0) is 0 Å². The zero-order valence-electron chi connectivity index (χ0n) is 7.70. The lowest BCUT2D eigenvalue weighted by Crippen LogP contribution is -2.17. The Bertz CT molecular complexity index is 301. The Morgan fingerprint density at radius 3 is 3.00 bits per heavy atom. The second kappa shape index (κ2) is 3.42. The van der Waals surface area contributed by atoms with Crippen LogP contribution in [0.15, 0.2) is 18.5 Å². The molecular formula is C10H13FN2. The summed E-state index contributed by atoms with van der Waals surface area (Å²) in [4.78, 5) is 6.11. The van der Waals surface area contributed by atoms with Crippen molar-refractivity contribution in [3.8, 4) is 0 Å². The fourth-order valence-corrected chi connectivity index (χ4v) is 1.94. The van der Waals surface area contributed by atoms with Gasteiger partial charge in [0, 0.05) is 12.2 Å². The smallest absolute Gasteiger partial charge is 0.141 e. The van der Waals surface area contributed by atoms with Crippen molar-refractivity contribution in [2.24, 2.45) is 0 Å². The van der Waals surface area contributed by atoms with Gasteiger partial charge in [-0.1, -0.05) is 0 Å². The molecule has 1 aliphatic heterocycles. The van der Waals surface area contributed by atoms with E-state index in [0.29, 0.717) is 6.04 Å². The van der Waals surface area contributed by atoms with Crippen molar-refractivity contribution in [1.82, 2.24) is 9.88 Å². The van der Waals surface area contributed by atoms with E-state index in [2.05, 4.69) is 16.9 Å². The molecule has 1 aliphatic rings. The highest BCUT2D eigenvalue weighted by molar-refractivity contribution is 5.16. The van der Waals surface area contributed by atoms with Gasteiger partial charge in [0.15, 0.2) is 0 Å². The van der Waals surface area contributed by atoms with Gasteiger partial charge in [0.2, 0.25) is 0 Å². The minimum Gasteiger partial charge on any atom is -0.299 e. The van der Waals surface area contributed by atoms with Crippen LogP contribution < -0.4 is 0 Å². The van der Waals surface area contributed by atoms with E-state index in [9.17, 15) is 4.39 Å². The minimum atomic E-state index is -0.238. The van der Waals surface area contributed by atoms with Gasteiger partial charge in [-0.05, 0) is 38.1 Å². The van der Waals surface area contributed by atoms with Gasteiger partial charge in [0.05, 0.1) is 6.20 Å². The number of hydrogen-bond donors (Lipinski definition) is 0. The molecule has 0 saturated carbocycles. The fraction of sp³-hybridized carbons (Fsp3) is 0.500. The van der Waals surface area contributed by atoms with Crippen molar-refractivity contribution in [3.63, 3.8) is 0 Å². The summed E-state index contributed by atoms with van der Waals surface area (Å²) in [6.07, 6.45) is 5.31. The number of pyridine rings is 1. The van der Waals surface area contributed by atoms with Gasteiger partial charge in [-0.3, -0.25) is 9.88 Å². The summed E-state index contributed by atoms with van der Waals surface area (Å²) in [5.41, 5.74) is 1.00. The Hall–Kier alpha value is -0.960. The number of hydrogen-bond acceptors (Lipinski definition) is 2. The molecule has 0 amide bonds. The molecule has 2 heterocycles. The maximum absolute atomic E-state index is 12.9. The molecule has 70 valence electrons. The highest BCUT2D eigenvalue weighted by Crippen LogP contribution is 2.29. The van der Waals surface area contributed by atoms with E-state index in [1.54, 1.807) is 12.3 Å². The molecule has 0 aromatic carbocycles. The average Bonchev–Trinajstić information content (AvgIpc) is 2.51. The Balaban J connectivity index is 2.24. The molecule has 1 saturated heterocycles. The van der Waals surface area contributed by atoms with Gasteiger partial charge in [0.1, 0.15) is 5.82 Å². The van der Waals surface area contributed by atoms with Crippen LogP contribution in [0, 0.1) is 5.82 Å². The van der Waals surface area contributed by atoms with Crippen LogP contribution >= 0.6 is 0 Å². The number of rotatable bonds is 1. The summed E-state index contributed by atoms with van der Waals surface area (Å²) in [5.74, 6) is -0.238. The summed E-state index contributed by atoms with van der Waals surface area (Å²) in [6, 6.07) is 1.95. The maximum Gasteiger partial charge on any atom is 0.141 e. The molecule has 2 rings (SSSR count). The molecule has 1 aromatic rings. The number of halogens is 1. The maximum atomic E-state index is 12.9. The topological polar surface area (TPSA) is 16.1 Å². The lowest BCUT2D eigenvalue weighted by molar-refractivity contribution is 0.316. The van der Waals surface area contributed by atoms with Gasteiger partial charge in [-0.2, -0.15) is 0 Å². The predicted molar refractivity (Wildman–Crippen MR) is 48.8 cm³/mol. The van der Waals surface area contributed by atoms with E-state index in [1.165, 1.54) is 12.6 Å². The molecule has 0 N–H and O–H groups in total. The molecule has 13 heavy (non-hydrogen) atoms. The summed E-state index contributed by atoms with van der Waals surface area (Å²) in [7, 11) is 2.07. The number of nitrogens with zero attached hydrogens (tertiary/aromatic N) is 2. The first kappa shape index (κ1) is 8.63. The number of aromatic nitrogens is 1. The van der Waals surface area contributed by atoms with E-state index in [1.807, 2.05) is 0 Å². The van der Waals surface area contributed by atoms with Crippen LogP contribution in [0.3, 0.4) is 0 Å².